The third-order valence-corrected chi connectivity index (χ3v) is 2.56. The molecule has 7 heteroatoms. The summed E-state index contributed by atoms with van der Waals surface area (Å²) in [6, 6.07) is 0. The van der Waals surface area contributed by atoms with Gasteiger partial charge in [-0.25, -0.2) is 10.8 Å². The van der Waals surface area contributed by atoms with E-state index in [1.807, 2.05) is 28.0 Å². The highest BCUT2D eigenvalue weighted by atomic mass is 127. The first-order chi connectivity index (χ1) is 7.15. The van der Waals surface area contributed by atoms with Crippen molar-refractivity contribution in [2.75, 3.05) is 0 Å². The predicted molar refractivity (Wildman–Crippen MR) is 62.8 cm³/mol. The highest BCUT2D eigenvalue weighted by Crippen LogP contribution is 1.96. The Bertz CT molecular complexity index is 404. The minimum absolute atomic E-state index is 0.0845. The monoisotopic (exact) mass is 322 g/mol. The quantitative estimate of drug-likeness (QED) is 0.342. The largest absolute Gasteiger partial charge is 0.298 e. The van der Waals surface area contributed by atoms with Crippen LogP contribution in [0.2, 0.25) is 0 Å². The lowest BCUT2D eigenvalue weighted by atomic mass is 10.3. The molecule has 0 aliphatic carbocycles. The van der Waals surface area contributed by atoms with Gasteiger partial charge in [-0.15, -0.1) is 0 Å². The van der Waals surface area contributed by atoms with Gasteiger partial charge in [0, 0.05) is 19.2 Å². The molecule has 0 radical (unpaired) electrons. The van der Waals surface area contributed by atoms with Gasteiger partial charge in [0.05, 0.1) is 9.90 Å². The Kier molecular flexibility index (Phi) is 4.69. The van der Waals surface area contributed by atoms with Gasteiger partial charge in [-0.1, -0.05) is 0 Å². The first-order valence-corrected chi connectivity index (χ1v) is 5.42. The Morgan fingerprint density at radius 3 is 3.07 bits per heavy atom. The molecule has 0 saturated heterocycles. The Morgan fingerprint density at radius 2 is 2.40 bits per heavy atom. The molecule has 1 aromatic heterocycles. The highest BCUT2D eigenvalue weighted by Gasteiger charge is 2.02. The second kappa shape index (κ2) is 5.81. The van der Waals surface area contributed by atoms with E-state index in [1.165, 1.54) is 17.1 Å². The molecule has 1 amide bonds. The van der Waals surface area contributed by atoms with E-state index < -0.39 is 0 Å². The van der Waals surface area contributed by atoms with Crippen LogP contribution in [-0.4, -0.2) is 15.5 Å². The fraction of sp³-hybridized carbons (Fsp3) is 0.375. The van der Waals surface area contributed by atoms with Crippen LogP contribution in [0.15, 0.2) is 17.3 Å². The van der Waals surface area contributed by atoms with E-state index >= 15 is 0 Å². The summed E-state index contributed by atoms with van der Waals surface area (Å²) >= 11 is 1.93. The van der Waals surface area contributed by atoms with Crippen molar-refractivity contribution >= 4 is 28.5 Å². The average molecular weight is 322 g/mol. The molecular formula is C8H11IN4O2. The van der Waals surface area contributed by atoms with E-state index in [-0.39, 0.29) is 11.5 Å². The predicted octanol–water partition coefficient (Wildman–Crippen LogP) is -0.382. The number of hydrogen-bond acceptors (Lipinski definition) is 4. The summed E-state index contributed by atoms with van der Waals surface area (Å²) in [6.07, 6.45) is 3.83. The molecule has 0 aromatic carbocycles. The van der Waals surface area contributed by atoms with Crippen LogP contribution >= 0.6 is 22.6 Å². The van der Waals surface area contributed by atoms with E-state index in [9.17, 15) is 9.59 Å². The van der Waals surface area contributed by atoms with Gasteiger partial charge in [0.1, 0.15) is 0 Å². The van der Waals surface area contributed by atoms with E-state index in [2.05, 4.69) is 4.98 Å². The van der Waals surface area contributed by atoms with Crippen LogP contribution in [0.5, 0.6) is 0 Å². The number of nitrogens with zero attached hydrogens (tertiary/aromatic N) is 2. The van der Waals surface area contributed by atoms with Crippen molar-refractivity contribution in [2.45, 2.75) is 19.4 Å². The van der Waals surface area contributed by atoms with Crippen molar-refractivity contribution in [2.24, 2.45) is 5.84 Å². The maximum Gasteiger partial charge on any atom is 0.266 e. The number of aromatic nitrogens is 2. The van der Waals surface area contributed by atoms with Crippen LogP contribution in [0.25, 0.3) is 0 Å². The maximum atomic E-state index is 11.5. The molecule has 6 nitrogen and oxygen atoms in total. The van der Waals surface area contributed by atoms with Crippen molar-refractivity contribution in [1.29, 1.82) is 0 Å². The summed E-state index contributed by atoms with van der Waals surface area (Å²) in [4.78, 5) is 26.2. The first-order valence-electron chi connectivity index (χ1n) is 4.34. The Hall–Kier alpha value is -0.960. The molecule has 0 spiro atoms. The molecule has 82 valence electrons. The number of nitrogens with two attached hydrogens (primary N) is 1. The van der Waals surface area contributed by atoms with Crippen LogP contribution in [0.1, 0.15) is 12.8 Å². The maximum absolute atomic E-state index is 11.5. The molecule has 0 saturated carbocycles. The number of halogens is 1. The molecule has 1 aromatic rings. The van der Waals surface area contributed by atoms with Crippen LogP contribution in [0.4, 0.5) is 0 Å². The number of carbonyl (C=O) groups is 1. The second-order valence-corrected chi connectivity index (χ2v) is 4.07. The topological polar surface area (TPSA) is 90.0 Å². The number of nitrogens with one attached hydrogen (secondary N) is 1. The van der Waals surface area contributed by atoms with Crippen LogP contribution in [-0.2, 0) is 11.3 Å². The summed E-state index contributed by atoms with van der Waals surface area (Å²) in [7, 11) is 0. The van der Waals surface area contributed by atoms with Gasteiger partial charge in [-0.2, -0.15) is 0 Å². The Balaban J connectivity index is 2.55. The van der Waals surface area contributed by atoms with E-state index in [0.29, 0.717) is 23.0 Å². The average Bonchev–Trinajstić information content (AvgIpc) is 2.24. The third-order valence-electron chi connectivity index (χ3n) is 1.82. The van der Waals surface area contributed by atoms with Gasteiger partial charge in [0.2, 0.25) is 5.91 Å². The SMILES string of the molecule is NNC(=O)CCCn1cncc(I)c1=O. The van der Waals surface area contributed by atoms with Gasteiger partial charge in [0.15, 0.2) is 0 Å². The van der Waals surface area contributed by atoms with Gasteiger partial charge in [-0.05, 0) is 29.0 Å². The van der Waals surface area contributed by atoms with Crippen molar-refractivity contribution in [3.63, 3.8) is 0 Å². The number of rotatable bonds is 4. The smallest absolute Gasteiger partial charge is 0.266 e. The number of aryl methyl sites for hydroxylation is 1. The molecule has 0 aliphatic rings. The standard InChI is InChI=1S/C8H11IN4O2/c9-6-4-11-5-13(8(6)15)3-1-2-7(14)12-10/h4-5H,1-3,10H2,(H,12,14). The Labute approximate surface area is 100.0 Å². The van der Waals surface area contributed by atoms with Gasteiger partial charge in [-0.3, -0.25) is 19.6 Å². The van der Waals surface area contributed by atoms with E-state index in [4.69, 9.17) is 5.84 Å². The molecule has 3 N–H and O–H groups in total. The van der Waals surface area contributed by atoms with Crippen LogP contribution in [0.3, 0.4) is 0 Å². The lowest BCUT2D eigenvalue weighted by Crippen LogP contribution is -2.30. The molecule has 0 atom stereocenters. The molecule has 0 unspecified atom stereocenters. The molecule has 1 rings (SSSR count). The van der Waals surface area contributed by atoms with Crippen LogP contribution < -0.4 is 16.8 Å². The zero-order chi connectivity index (χ0) is 11.3. The number of hydrazine groups is 1. The van der Waals surface area contributed by atoms with E-state index in [0.717, 1.165) is 0 Å². The number of carbonyl (C=O) groups excluding carboxylic acids is 1. The summed E-state index contributed by atoms with van der Waals surface area (Å²) in [5, 5.41) is 0. The molecule has 1 heterocycles. The van der Waals surface area contributed by atoms with Gasteiger partial charge < -0.3 is 0 Å². The third kappa shape index (κ3) is 3.59. The normalized spacial score (nSPS) is 10.0. The zero-order valence-electron chi connectivity index (χ0n) is 7.94. The van der Waals surface area contributed by atoms with Crippen LogP contribution in [0, 0.1) is 3.57 Å². The molecule has 0 bridgehead atoms. The van der Waals surface area contributed by atoms with E-state index in [1.54, 1.807) is 0 Å². The summed E-state index contributed by atoms with van der Waals surface area (Å²) in [5.41, 5.74) is 1.95. The zero-order valence-corrected chi connectivity index (χ0v) is 10.1. The second-order valence-electron chi connectivity index (χ2n) is 2.91. The molecular weight excluding hydrogens is 311 g/mol. The summed E-state index contributed by atoms with van der Waals surface area (Å²) in [5.74, 6) is 4.69. The fourth-order valence-corrected chi connectivity index (χ4v) is 1.54. The van der Waals surface area contributed by atoms with Crippen molar-refractivity contribution in [3.05, 3.63) is 26.4 Å². The molecule has 0 fully saturated rings. The van der Waals surface area contributed by atoms with Gasteiger partial charge >= 0.3 is 0 Å². The fourth-order valence-electron chi connectivity index (χ4n) is 1.07. The summed E-state index contributed by atoms with van der Waals surface area (Å²) < 4.78 is 2.05. The van der Waals surface area contributed by atoms with Crippen molar-refractivity contribution in [1.82, 2.24) is 15.0 Å². The van der Waals surface area contributed by atoms with Crippen molar-refractivity contribution < 1.29 is 4.79 Å². The lowest BCUT2D eigenvalue weighted by Gasteiger charge is -2.04. The minimum Gasteiger partial charge on any atom is -0.298 e. The molecule has 15 heavy (non-hydrogen) atoms. The molecule has 0 aliphatic heterocycles. The highest BCUT2D eigenvalue weighted by molar-refractivity contribution is 14.1. The Morgan fingerprint density at radius 1 is 1.67 bits per heavy atom. The number of hydrogen-bond donors (Lipinski definition) is 2. The lowest BCUT2D eigenvalue weighted by molar-refractivity contribution is -0.121. The first kappa shape index (κ1) is 12.1. The van der Waals surface area contributed by atoms with Gasteiger partial charge in [0.25, 0.3) is 5.56 Å². The number of amides is 1. The minimum atomic E-state index is -0.235. The van der Waals surface area contributed by atoms with Crippen molar-refractivity contribution in [3.8, 4) is 0 Å². The summed E-state index contributed by atoms with van der Waals surface area (Å²) in [6.45, 7) is 0.468.